The molecular formula is C28H30B3ClN4O21. The lowest BCUT2D eigenvalue weighted by atomic mass is 9.79. The van der Waals surface area contributed by atoms with E-state index in [0.717, 1.165) is 54.6 Å². The molecule has 0 spiro atoms. The fourth-order valence-corrected chi connectivity index (χ4v) is 3.81. The van der Waals surface area contributed by atoms with Crippen LogP contribution in [0.15, 0.2) is 54.6 Å². The van der Waals surface area contributed by atoms with Gasteiger partial charge in [-0.15, -0.1) is 0 Å². The Morgan fingerprint density at radius 2 is 0.965 bits per heavy atom. The third-order valence-electron chi connectivity index (χ3n) is 6.24. The van der Waals surface area contributed by atoms with Gasteiger partial charge in [0.1, 0.15) is 6.61 Å². The van der Waals surface area contributed by atoms with Crippen LogP contribution in [0.25, 0.3) is 0 Å². The van der Waals surface area contributed by atoms with E-state index in [0.29, 0.717) is 0 Å². The highest BCUT2D eigenvalue weighted by Crippen LogP contribution is 2.16. The first-order valence-electron chi connectivity index (χ1n) is 15.1. The first kappa shape index (κ1) is 50.8. The second-order valence-electron chi connectivity index (χ2n) is 10.5. The summed E-state index contributed by atoms with van der Waals surface area (Å²) >= 11 is 5.13. The average molecular weight is 826 g/mol. The standard InChI is InChI=1S/C12H14BNO8.C7H5BClNO5.C7H6BNO6.C2H5NO2/c15-11(2-1-3-22-7-12(16)17)8-4-9(13(18)19)6-10(5-8)14(20)21;9-7(11)4-1-5(8(12)13)3-6(2-4)10(14)15;10-7(11)4-1-5(8(12)13)3-6(2-4)9(14)15;3-1-2(4)5/h4-6,18-19H,1-3,7H2,(H,16,17);1-3,12-13H;1-3,12-13H,(H,10,11);1,3H2,(H,4,5). The number of aromatic carboxylic acids is 1. The summed E-state index contributed by atoms with van der Waals surface area (Å²) in [5.41, 5.74) is 2.13. The van der Waals surface area contributed by atoms with Crippen LogP contribution in [-0.4, -0.2) is 130 Å². The molecule has 3 aromatic carbocycles. The van der Waals surface area contributed by atoms with Crippen LogP contribution in [0.2, 0.25) is 0 Å². The van der Waals surface area contributed by atoms with E-state index in [1.807, 2.05) is 0 Å². The van der Waals surface area contributed by atoms with Crippen molar-refractivity contribution in [2.75, 3.05) is 19.8 Å². The Balaban J connectivity index is 0.000000795. The maximum atomic E-state index is 11.9. The van der Waals surface area contributed by atoms with Crippen molar-refractivity contribution >= 4 is 95.3 Å². The van der Waals surface area contributed by atoms with E-state index < -0.39 is 88.7 Å². The number of nitro groups is 3. The zero-order chi connectivity index (χ0) is 44.2. The number of hydrogen-bond acceptors (Lipinski definition) is 19. The number of carbonyl (C=O) groups excluding carboxylic acids is 2. The lowest BCUT2D eigenvalue weighted by Crippen LogP contribution is -2.30. The molecule has 0 aromatic heterocycles. The molecular weight excluding hydrogens is 796 g/mol. The summed E-state index contributed by atoms with van der Waals surface area (Å²) in [6.45, 7) is -0.686. The average Bonchev–Trinajstić information content (AvgIpc) is 3.14. The first-order valence-corrected chi connectivity index (χ1v) is 15.4. The van der Waals surface area contributed by atoms with E-state index in [1.54, 1.807) is 0 Å². The van der Waals surface area contributed by atoms with Crippen molar-refractivity contribution in [3.8, 4) is 0 Å². The third kappa shape index (κ3) is 19.8. The number of halogens is 1. The largest absolute Gasteiger partial charge is 0.488 e. The zero-order valence-electron chi connectivity index (χ0n) is 28.7. The number of aliphatic carboxylic acids is 2. The van der Waals surface area contributed by atoms with Crippen molar-refractivity contribution in [3.63, 3.8) is 0 Å². The topological polar surface area (TPSA) is 432 Å². The highest BCUT2D eigenvalue weighted by Gasteiger charge is 2.22. The van der Waals surface area contributed by atoms with Crippen LogP contribution in [0.4, 0.5) is 17.1 Å². The number of hydrogen-bond donors (Lipinski definition) is 10. The Labute approximate surface area is 324 Å². The molecule has 0 heterocycles. The fourth-order valence-electron chi connectivity index (χ4n) is 3.70. The normalized spacial score (nSPS) is 9.75. The highest BCUT2D eigenvalue weighted by atomic mass is 35.5. The van der Waals surface area contributed by atoms with Gasteiger partial charge in [-0.25, -0.2) is 9.59 Å². The van der Waals surface area contributed by atoms with E-state index >= 15 is 0 Å². The summed E-state index contributed by atoms with van der Waals surface area (Å²) in [6, 6.07) is 8.87. The Bertz CT molecular complexity index is 1810. The van der Waals surface area contributed by atoms with Crippen LogP contribution in [0.1, 0.15) is 43.9 Å². The predicted molar refractivity (Wildman–Crippen MR) is 195 cm³/mol. The Morgan fingerprint density at radius 3 is 1.28 bits per heavy atom. The van der Waals surface area contributed by atoms with E-state index in [9.17, 15) is 54.3 Å². The lowest BCUT2D eigenvalue weighted by Gasteiger charge is -2.05. The van der Waals surface area contributed by atoms with Gasteiger partial charge in [-0.2, -0.15) is 0 Å². The van der Waals surface area contributed by atoms with Gasteiger partial charge < -0.3 is 55.9 Å². The van der Waals surface area contributed by atoms with Gasteiger partial charge in [0.15, 0.2) is 5.78 Å². The minimum Gasteiger partial charge on any atom is -0.480 e. The highest BCUT2D eigenvalue weighted by molar-refractivity contribution is 6.68. The number of ether oxygens (including phenoxy) is 1. The maximum Gasteiger partial charge on any atom is 0.488 e. The third-order valence-corrected chi connectivity index (χ3v) is 6.45. The smallest absolute Gasteiger partial charge is 0.480 e. The summed E-state index contributed by atoms with van der Waals surface area (Å²) < 4.78 is 4.77. The van der Waals surface area contributed by atoms with Crippen LogP contribution in [0.3, 0.4) is 0 Å². The number of non-ortho nitro benzene ring substituents is 3. The molecule has 0 aliphatic carbocycles. The van der Waals surface area contributed by atoms with E-state index in [1.165, 1.54) is 0 Å². The van der Waals surface area contributed by atoms with Crippen LogP contribution in [-0.2, 0) is 14.3 Å². The maximum absolute atomic E-state index is 11.9. The molecule has 0 aliphatic heterocycles. The van der Waals surface area contributed by atoms with E-state index in [-0.39, 0.29) is 59.1 Å². The molecule has 0 saturated heterocycles. The molecule has 0 amide bonds. The van der Waals surface area contributed by atoms with Crippen molar-refractivity contribution in [2.24, 2.45) is 5.73 Å². The van der Waals surface area contributed by atoms with Gasteiger partial charge in [-0.05, 0) is 46.5 Å². The van der Waals surface area contributed by atoms with Gasteiger partial charge in [-0.1, -0.05) is 6.07 Å². The molecule has 0 saturated carbocycles. The van der Waals surface area contributed by atoms with Crippen molar-refractivity contribution in [3.05, 3.63) is 102 Å². The summed E-state index contributed by atoms with van der Waals surface area (Å²) in [7, 11) is -5.76. The van der Waals surface area contributed by atoms with E-state index in [4.69, 9.17) is 61.8 Å². The number of nitro benzene ring substituents is 3. The number of Topliss-reactive ketones (excluding diaryl/α,β-unsaturated/α-hetero) is 1. The van der Waals surface area contributed by atoms with Crippen molar-refractivity contribution in [1.82, 2.24) is 0 Å². The molecule has 0 radical (unpaired) electrons. The Hall–Kier alpha value is -6.23. The summed E-state index contributed by atoms with van der Waals surface area (Å²) in [5, 5.41) is 109. The molecule has 0 fully saturated rings. The molecule has 57 heavy (non-hydrogen) atoms. The number of nitrogens with zero attached hydrogens (tertiary/aromatic N) is 3. The molecule has 3 aromatic rings. The molecule has 3 rings (SSSR count). The molecule has 0 unspecified atom stereocenters. The van der Waals surface area contributed by atoms with Gasteiger partial charge in [0.2, 0.25) is 0 Å². The second kappa shape index (κ2) is 25.0. The summed E-state index contributed by atoms with van der Waals surface area (Å²) in [4.78, 5) is 82.0. The molecule has 11 N–H and O–H groups in total. The monoisotopic (exact) mass is 826 g/mol. The zero-order valence-corrected chi connectivity index (χ0v) is 29.4. The van der Waals surface area contributed by atoms with Gasteiger partial charge in [0.25, 0.3) is 22.3 Å². The Morgan fingerprint density at radius 1 is 0.614 bits per heavy atom. The number of carbonyl (C=O) groups is 5. The minimum atomic E-state index is -1.94. The van der Waals surface area contributed by atoms with E-state index in [2.05, 4.69) is 5.73 Å². The van der Waals surface area contributed by atoms with Crippen LogP contribution in [0.5, 0.6) is 0 Å². The van der Waals surface area contributed by atoms with Gasteiger partial charge in [0, 0.05) is 60.6 Å². The van der Waals surface area contributed by atoms with Crippen LogP contribution >= 0.6 is 11.6 Å². The van der Waals surface area contributed by atoms with Crippen molar-refractivity contribution < 1.29 is 88.9 Å². The predicted octanol–water partition coefficient (Wildman–Crippen LogP) is -3.01. The van der Waals surface area contributed by atoms with Crippen LogP contribution in [0, 0.1) is 30.3 Å². The van der Waals surface area contributed by atoms with Crippen LogP contribution < -0.4 is 22.1 Å². The number of carboxylic acid groups (broad SMARTS) is 3. The second-order valence-corrected chi connectivity index (χ2v) is 10.8. The number of carboxylic acids is 3. The molecule has 0 atom stereocenters. The molecule has 25 nitrogen and oxygen atoms in total. The van der Waals surface area contributed by atoms with Crippen molar-refractivity contribution in [2.45, 2.75) is 12.8 Å². The van der Waals surface area contributed by atoms with Gasteiger partial charge in [0.05, 0.1) is 26.9 Å². The number of nitrogens with two attached hydrogens (primary N) is 1. The minimum absolute atomic E-state index is 0.0122. The van der Waals surface area contributed by atoms with Gasteiger partial charge in [-0.3, -0.25) is 44.7 Å². The summed E-state index contributed by atoms with van der Waals surface area (Å²) in [5.74, 6) is -3.90. The first-order chi connectivity index (χ1) is 26.4. The van der Waals surface area contributed by atoms with Gasteiger partial charge >= 0.3 is 39.3 Å². The summed E-state index contributed by atoms with van der Waals surface area (Å²) in [6.07, 6.45) is 0.230. The molecule has 0 aliphatic rings. The fraction of sp³-hybridized carbons (Fsp3) is 0.179. The molecule has 29 heteroatoms. The lowest BCUT2D eigenvalue weighted by molar-refractivity contribution is -0.385. The molecule has 0 bridgehead atoms. The molecule has 304 valence electrons. The Kier molecular flexibility index (Phi) is 22.3. The van der Waals surface area contributed by atoms with Crippen molar-refractivity contribution in [1.29, 1.82) is 0 Å². The number of benzene rings is 3. The number of rotatable bonds is 16. The number of ketones is 1. The quantitative estimate of drug-likeness (QED) is 0.0172. The SMILES string of the molecule is NCC(=O)O.O=C(Cl)c1cc(B(O)O)cc([N+](=O)[O-])c1.O=C(O)COCCCC(=O)c1cc(B(O)O)cc([N+](=O)[O-])c1.O=C(O)c1cc(B(O)O)cc([N+](=O)[O-])c1.